The van der Waals surface area contributed by atoms with E-state index >= 15 is 0 Å². The molecule has 3 rings (SSSR count). The fourth-order valence-electron chi connectivity index (χ4n) is 2.23. The highest BCUT2D eigenvalue weighted by atomic mass is 32.2. The van der Waals surface area contributed by atoms with E-state index in [1.165, 1.54) is 19.2 Å². The first kappa shape index (κ1) is 18.0. The highest BCUT2D eigenvalue weighted by molar-refractivity contribution is 7.90. The smallest absolute Gasteiger partial charge is 0.276 e. The summed E-state index contributed by atoms with van der Waals surface area (Å²) in [6, 6.07) is 6.20. The van der Waals surface area contributed by atoms with Crippen LogP contribution in [0.3, 0.4) is 0 Å². The number of benzene rings is 1. The van der Waals surface area contributed by atoms with Crippen LogP contribution in [0.5, 0.6) is 0 Å². The normalized spacial score (nSPS) is 11.5. The maximum absolute atomic E-state index is 13.7. The molecule has 0 spiro atoms. The highest BCUT2D eigenvalue weighted by Gasteiger charge is 2.28. The minimum absolute atomic E-state index is 0.0349. The number of aryl methyl sites for hydroxylation is 1. The molecule has 0 radical (unpaired) electrons. The number of nitrogens with two attached hydrogens (primary N) is 1. The average Bonchev–Trinajstić information content (AvgIpc) is 3.16. The van der Waals surface area contributed by atoms with E-state index < -0.39 is 15.9 Å². The second-order valence-electron chi connectivity index (χ2n) is 5.27. The van der Waals surface area contributed by atoms with Gasteiger partial charge in [0.2, 0.25) is 0 Å². The van der Waals surface area contributed by atoms with E-state index in [2.05, 4.69) is 10.1 Å². The van der Waals surface area contributed by atoms with Gasteiger partial charge in [0.05, 0.1) is 11.2 Å². The predicted octanol–water partition coefficient (Wildman–Crippen LogP) is 1.87. The number of rotatable bonds is 5. The summed E-state index contributed by atoms with van der Waals surface area (Å²) in [5, 5.41) is 3.82. The van der Waals surface area contributed by atoms with Crippen LogP contribution in [-0.4, -0.2) is 24.5 Å². The van der Waals surface area contributed by atoms with Gasteiger partial charge in [-0.2, -0.15) is 0 Å². The molecule has 2 heterocycles. The molecule has 0 fully saturated rings. The van der Waals surface area contributed by atoms with Crippen LogP contribution in [0.1, 0.15) is 26.0 Å². The van der Waals surface area contributed by atoms with Crippen LogP contribution in [0.25, 0.3) is 0 Å². The fraction of sp³-hybridized carbons (Fsp3) is 0.133. The number of hydrogen-bond donors (Lipinski definition) is 2. The Morgan fingerprint density at radius 2 is 2.12 bits per heavy atom. The fourth-order valence-corrected chi connectivity index (χ4v) is 4.32. The maximum atomic E-state index is 13.7. The molecule has 0 saturated carbocycles. The van der Waals surface area contributed by atoms with Gasteiger partial charge in [0.1, 0.15) is 10.7 Å². The lowest BCUT2D eigenvalue weighted by Crippen LogP contribution is -2.30. The molecule has 1 aromatic carbocycles. The van der Waals surface area contributed by atoms with Crippen molar-refractivity contribution in [2.75, 3.05) is 5.73 Å². The van der Waals surface area contributed by atoms with Gasteiger partial charge in [-0.25, -0.2) is 22.5 Å². The van der Waals surface area contributed by atoms with Gasteiger partial charge in [-0.3, -0.25) is 4.79 Å². The third-order valence-corrected chi connectivity index (χ3v) is 5.89. The Morgan fingerprint density at radius 3 is 2.77 bits per heavy atom. The first-order valence-electron chi connectivity index (χ1n) is 7.25. The second kappa shape index (κ2) is 6.84. The zero-order valence-corrected chi connectivity index (χ0v) is 15.0. The molecule has 0 atom stereocenters. The molecule has 11 heteroatoms. The maximum Gasteiger partial charge on any atom is 0.276 e. The zero-order valence-electron chi connectivity index (χ0n) is 13.4. The zero-order chi connectivity index (χ0) is 18.9. The van der Waals surface area contributed by atoms with Crippen LogP contribution in [0.4, 0.5) is 10.2 Å². The van der Waals surface area contributed by atoms with Gasteiger partial charge in [-0.05, 0) is 18.6 Å². The van der Waals surface area contributed by atoms with Crippen LogP contribution in [0.2, 0.25) is 0 Å². The molecule has 0 aliphatic heterocycles. The number of thiazole rings is 1. The summed E-state index contributed by atoms with van der Waals surface area (Å²) >= 11 is 0.966. The Morgan fingerprint density at radius 1 is 1.38 bits per heavy atom. The lowest BCUT2D eigenvalue weighted by atomic mass is 10.1. The van der Waals surface area contributed by atoms with Crippen molar-refractivity contribution < 1.29 is 22.1 Å². The van der Waals surface area contributed by atoms with Gasteiger partial charge < -0.3 is 10.3 Å². The van der Waals surface area contributed by atoms with Crippen molar-refractivity contribution in [3.05, 3.63) is 57.5 Å². The van der Waals surface area contributed by atoms with Crippen molar-refractivity contribution in [3.63, 3.8) is 0 Å². The first-order valence-corrected chi connectivity index (χ1v) is 9.55. The lowest BCUT2D eigenvalue weighted by Gasteiger charge is -2.04. The summed E-state index contributed by atoms with van der Waals surface area (Å²) < 4.78 is 44.8. The number of nitrogen functional groups attached to an aromatic ring is 1. The molecule has 136 valence electrons. The van der Waals surface area contributed by atoms with Crippen molar-refractivity contribution in [3.8, 4) is 0 Å². The van der Waals surface area contributed by atoms with Crippen molar-refractivity contribution in [2.24, 2.45) is 0 Å². The van der Waals surface area contributed by atoms with Crippen molar-refractivity contribution >= 4 is 33.1 Å². The Bertz CT molecular complexity index is 1060. The number of halogens is 1. The van der Waals surface area contributed by atoms with Crippen molar-refractivity contribution in [2.45, 2.75) is 18.2 Å². The van der Waals surface area contributed by atoms with E-state index in [9.17, 15) is 17.6 Å². The summed E-state index contributed by atoms with van der Waals surface area (Å²) in [5.41, 5.74) is 5.89. The lowest BCUT2D eigenvalue weighted by molar-refractivity contribution is 0.0985. The first-order chi connectivity index (χ1) is 12.3. The topological polar surface area (TPSA) is 128 Å². The Kier molecular flexibility index (Phi) is 4.74. The van der Waals surface area contributed by atoms with Crippen LogP contribution >= 0.6 is 11.3 Å². The van der Waals surface area contributed by atoms with Gasteiger partial charge in [0.25, 0.3) is 15.9 Å². The average molecular weight is 396 g/mol. The molecule has 1 amide bonds. The Hall–Kier alpha value is -2.79. The monoisotopic (exact) mass is 396 g/mol. The number of hydrogen-bond acceptors (Lipinski definition) is 8. The van der Waals surface area contributed by atoms with Crippen LogP contribution in [-0.2, 0) is 16.4 Å². The minimum atomic E-state index is -4.24. The number of aromatic nitrogens is 2. The Balaban J connectivity index is 1.77. The number of nitrogens with zero attached hydrogens (tertiary/aromatic N) is 2. The Labute approximate surface area is 151 Å². The molecule has 8 nitrogen and oxygen atoms in total. The molecule has 0 unspecified atom stereocenters. The van der Waals surface area contributed by atoms with Crippen molar-refractivity contribution in [1.29, 1.82) is 0 Å². The summed E-state index contributed by atoms with van der Waals surface area (Å²) in [6.07, 6.45) is 1.42. The molecular formula is C15H13FN4O4S2. The number of nitrogens with one attached hydrogen (secondary N) is 1. The molecule has 3 N–H and O–H groups in total. The van der Waals surface area contributed by atoms with Crippen LogP contribution in [0.15, 0.2) is 39.9 Å². The molecule has 0 aliphatic carbocycles. The molecule has 0 bridgehead atoms. The van der Waals surface area contributed by atoms with Crippen LogP contribution in [0, 0.1) is 12.7 Å². The largest absolute Gasteiger partial charge is 0.380 e. The summed E-state index contributed by atoms with van der Waals surface area (Å²) in [6.45, 7) is 1.36. The van der Waals surface area contributed by atoms with Gasteiger partial charge in [0.15, 0.2) is 16.5 Å². The van der Waals surface area contributed by atoms with Gasteiger partial charge in [0, 0.05) is 6.42 Å². The van der Waals surface area contributed by atoms with Gasteiger partial charge in [-0.15, -0.1) is 11.3 Å². The van der Waals surface area contributed by atoms with Crippen molar-refractivity contribution in [1.82, 2.24) is 14.9 Å². The van der Waals surface area contributed by atoms with Gasteiger partial charge in [-0.1, -0.05) is 23.4 Å². The third-order valence-electron chi connectivity index (χ3n) is 3.41. The van der Waals surface area contributed by atoms with E-state index in [0.717, 1.165) is 11.3 Å². The standard InChI is InChI=1S/C15H13FN4O4S2/c1-8-13(14(17)19-24-8)26(22,23)20-15(21)11-7-18-12(25-11)6-9-4-2-3-5-10(9)16/h2-5,7H,6H2,1H3,(H2,17,19)(H,20,21). The molecule has 3 aromatic rings. The van der Waals surface area contributed by atoms with E-state index in [1.54, 1.807) is 18.2 Å². The third kappa shape index (κ3) is 3.58. The summed E-state index contributed by atoms with van der Waals surface area (Å²) in [4.78, 5) is 15.9. The molecule has 2 aromatic heterocycles. The second-order valence-corrected chi connectivity index (χ2v) is 8.01. The number of sulfonamides is 1. The quantitative estimate of drug-likeness (QED) is 0.674. The van der Waals surface area contributed by atoms with E-state index in [1.807, 2.05) is 4.72 Å². The molecule has 0 aliphatic rings. The predicted molar refractivity (Wildman–Crippen MR) is 91.6 cm³/mol. The molecule has 26 heavy (non-hydrogen) atoms. The highest BCUT2D eigenvalue weighted by Crippen LogP contribution is 2.23. The van der Waals surface area contributed by atoms with E-state index in [-0.39, 0.29) is 33.6 Å². The summed E-state index contributed by atoms with van der Waals surface area (Å²) in [7, 11) is -4.24. The van der Waals surface area contributed by atoms with Gasteiger partial charge >= 0.3 is 0 Å². The van der Waals surface area contributed by atoms with Crippen LogP contribution < -0.4 is 10.5 Å². The number of carbonyl (C=O) groups excluding carboxylic acids is 1. The SMILES string of the molecule is Cc1onc(N)c1S(=O)(=O)NC(=O)c1cnc(Cc2ccccc2F)s1. The minimum Gasteiger partial charge on any atom is -0.380 e. The molecule has 0 saturated heterocycles. The number of amides is 1. The van der Waals surface area contributed by atoms with E-state index in [0.29, 0.717) is 10.6 Å². The summed E-state index contributed by atoms with van der Waals surface area (Å²) in [5.74, 6) is -1.63. The molecular weight excluding hydrogens is 383 g/mol. The number of anilines is 1. The van der Waals surface area contributed by atoms with E-state index in [4.69, 9.17) is 10.3 Å². The number of carbonyl (C=O) groups is 1.